The number of carbonyl (C=O) groups is 5. The number of piperidine rings is 1. The fraction of sp³-hybridized carbons (Fsp3) is 0.452. The van der Waals surface area contributed by atoms with E-state index in [4.69, 9.17) is 14.2 Å². The van der Waals surface area contributed by atoms with E-state index in [-0.39, 0.29) is 55.7 Å². The van der Waals surface area contributed by atoms with Crippen LogP contribution in [0.1, 0.15) is 81.4 Å². The first-order valence-corrected chi connectivity index (χ1v) is 18.7. The lowest BCUT2D eigenvalue weighted by Crippen LogP contribution is -2.60. The molecule has 0 aromatic heterocycles. The zero-order valence-corrected chi connectivity index (χ0v) is 32.7. The monoisotopic (exact) mass is 756 g/mol. The van der Waals surface area contributed by atoms with E-state index in [1.165, 1.54) is 16.7 Å². The van der Waals surface area contributed by atoms with Crippen LogP contribution in [0.4, 0.5) is 15.3 Å². The Labute approximate surface area is 322 Å². The summed E-state index contributed by atoms with van der Waals surface area (Å²) in [5, 5.41) is 10.2. The predicted octanol–water partition coefficient (Wildman–Crippen LogP) is 6.65. The number of nitrogens with zero attached hydrogens (tertiary/aromatic N) is 4. The zero-order chi connectivity index (χ0) is 40.1. The molecule has 1 fully saturated rings. The van der Waals surface area contributed by atoms with Crippen LogP contribution in [-0.4, -0.2) is 99.2 Å². The van der Waals surface area contributed by atoms with Crippen molar-refractivity contribution in [1.29, 1.82) is 0 Å². The molecule has 3 aromatic rings. The van der Waals surface area contributed by atoms with E-state index in [0.717, 1.165) is 11.1 Å². The average Bonchev–Trinajstić information content (AvgIpc) is 3.13. The second kappa shape index (κ2) is 16.8. The highest BCUT2D eigenvalue weighted by Crippen LogP contribution is 2.41. The van der Waals surface area contributed by atoms with Gasteiger partial charge < -0.3 is 38.9 Å². The minimum Gasteiger partial charge on any atom is -0.478 e. The van der Waals surface area contributed by atoms with Crippen LogP contribution in [0, 0.1) is 6.92 Å². The molecule has 4 amide bonds. The van der Waals surface area contributed by atoms with Crippen molar-refractivity contribution in [2.45, 2.75) is 97.7 Å². The van der Waals surface area contributed by atoms with Crippen molar-refractivity contribution in [2.24, 2.45) is 0 Å². The number of likely N-dealkylation sites (tertiary alicyclic amines) is 1. The van der Waals surface area contributed by atoms with Gasteiger partial charge in [0, 0.05) is 44.3 Å². The molecule has 2 atom stereocenters. The lowest BCUT2D eigenvalue weighted by Gasteiger charge is -2.42. The molecule has 13 heteroatoms. The molecule has 1 N–H and O–H groups in total. The molecule has 0 radical (unpaired) electrons. The van der Waals surface area contributed by atoms with Crippen LogP contribution in [0.15, 0.2) is 72.8 Å². The van der Waals surface area contributed by atoms with E-state index in [0.29, 0.717) is 37.1 Å². The molecule has 0 aliphatic carbocycles. The van der Waals surface area contributed by atoms with Crippen LogP contribution in [-0.2, 0) is 32.2 Å². The molecule has 2 aliphatic rings. The summed E-state index contributed by atoms with van der Waals surface area (Å²) in [6, 6.07) is 21.2. The minimum absolute atomic E-state index is 0.0265. The number of hydrogen-bond donors (Lipinski definition) is 1. The quantitative estimate of drug-likeness (QED) is 0.213. The largest absolute Gasteiger partial charge is 0.478 e. The third kappa shape index (κ3) is 9.56. The molecule has 0 saturated carbocycles. The Kier molecular flexibility index (Phi) is 12.4. The molecule has 0 bridgehead atoms. The number of aliphatic carboxylic acids is 1. The molecule has 2 heterocycles. The summed E-state index contributed by atoms with van der Waals surface area (Å²) in [7, 11) is 0. The summed E-state index contributed by atoms with van der Waals surface area (Å²) < 4.78 is 17.2. The second-order valence-corrected chi connectivity index (χ2v) is 15.5. The molecule has 0 spiro atoms. The molecular weight excluding hydrogens is 704 g/mol. The fourth-order valence-corrected chi connectivity index (χ4v) is 6.89. The number of anilines is 1. The Morgan fingerprint density at radius 1 is 1.00 bits per heavy atom. The number of hydrogen-bond acceptors (Lipinski definition) is 8. The van der Waals surface area contributed by atoms with Crippen LogP contribution in [0.25, 0.3) is 0 Å². The van der Waals surface area contributed by atoms with Gasteiger partial charge in [-0.3, -0.25) is 9.59 Å². The van der Waals surface area contributed by atoms with E-state index >= 15 is 0 Å². The Morgan fingerprint density at radius 2 is 1.64 bits per heavy atom. The van der Waals surface area contributed by atoms with Gasteiger partial charge in [0.15, 0.2) is 0 Å². The number of carboxylic acid groups (broad SMARTS) is 1. The second-order valence-electron chi connectivity index (χ2n) is 15.5. The number of carbonyl (C=O) groups excluding carboxylic acids is 4. The van der Waals surface area contributed by atoms with Gasteiger partial charge in [0.05, 0.1) is 11.7 Å². The number of fused-ring (bicyclic) bond motifs is 1. The van der Waals surface area contributed by atoms with Crippen LogP contribution in [0.3, 0.4) is 0 Å². The zero-order valence-electron chi connectivity index (χ0n) is 32.7. The first kappa shape index (κ1) is 40.6. The maximum Gasteiger partial charge on any atom is 0.410 e. The van der Waals surface area contributed by atoms with Crippen molar-refractivity contribution >= 4 is 35.7 Å². The standard InChI is InChI=1S/C42H52N4O9/c1-28(2)46(32-19-14-20-43(26-32)40(52)55-41(4,5)6)36(47)33-24-34-35(23-29(33)3)54-42(7,38(49)50)37(48)45(34)22-21-44(25-30-15-10-8-11-16-30)39(51)53-27-31-17-12-9-13-18-31/h8-13,15-18,23-24,28,32H,14,19-22,25-27H2,1-7H3,(H,49,50)/t32-,42?/m1/s1. The fourth-order valence-electron chi connectivity index (χ4n) is 6.89. The Morgan fingerprint density at radius 3 is 2.24 bits per heavy atom. The van der Waals surface area contributed by atoms with Crippen molar-refractivity contribution < 1.29 is 43.3 Å². The van der Waals surface area contributed by atoms with Gasteiger partial charge in [0.25, 0.3) is 17.4 Å². The van der Waals surface area contributed by atoms with Crippen molar-refractivity contribution in [3.63, 3.8) is 0 Å². The Balaban J connectivity index is 1.45. The number of rotatable bonds is 11. The van der Waals surface area contributed by atoms with Gasteiger partial charge in [-0.2, -0.15) is 0 Å². The summed E-state index contributed by atoms with van der Waals surface area (Å²) in [4.78, 5) is 73.9. The number of carboxylic acids is 1. The molecular formula is C42H52N4O9. The van der Waals surface area contributed by atoms with Gasteiger partial charge in [0.1, 0.15) is 18.0 Å². The highest BCUT2D eigenvalue weighted by Gasteiger charge is 2.51. The third-order valence-corrected chi connectivity index (χ3v) is 9.71. The van der Waals surface area contributed by atoms with E-state index in [1.807, 2.05) is 95.3 Å². The van der Waals surface area contributed by atoms with Crippen molar-refractivity contribution in [3.05, 3.63) is 95.1 Å². The van der Waals surface area contributed by atoms with Crippen molar-refractivity contribution in [3.8, 4) is 5.75 Å². The Bertz CT molecular complexity index is 1880. The van der Waals surface area contributed by atoms with Gasteiger partial charge in [-0.05, 0) is 90.1 Å². The minimum atomic E-state index is -2.26. The summed E-state index contributed by atoms with van der Waals surface area (Å²) in [6.07, 6.45) is 0.308. The van der Waals surface area contributed by atoms with E-state index in [9.17, 15) is 29.1 Å². The number of ether oxygens (including phenoxy) is 3. The molecule has 1 saturated heterocycles. The lowest BCUT2D eigenvalue weighted by molar-refractivity contribution is -0.161. The molecule has 1 unspecified atom stereocenters. The van der Waals surface area contributed by atoms with E-state index in [2.05, 4.69) is 0 Å². The number of benzene rings is 3. The van der Waals surface area contributed by atoms with Gasteiger partial charge in [-0.15, -0.1) is 0 Å². The SMILES string of the molecule is Cc1cc2c(cc1C(=O)N(C(C)C)[C@@H]1CCCN(C(=O)OC(C)(C)C)C1)N(CCN(Cc1ccccc1)C(=O)OCc1ccccc1)C(=O)C(C)(C(=O)O)O2. The van der Waals surface area contributed by atoms with Gasteiger partial charge in [-0.25, -0.2) is 14.4 Å². The predicted molar refractivity (Wildman–Crippen MR) is 206 cm³/mol. The molecule has 5 rings (SSSR count). The Hall–Kier alpha value is -5.59. The lowest BCUT2D eigenvalue weighted by atomic mass is 9.96. The first-order chi connectivity index (χ1) is 26.0. The first-order valence-electron chi connectivity index (χ1n) is 18.7. The van der Waals surface area contributed by atoms with E-state index < -0.39 is 35.3 Å². The summed E-state index contributed by atoms with van der Waals surface area (Å²) >= 11 is 0. The molecule has 55 heavy (non-hydrogen) atoms. The van der Waals surface area contributed by atoms with Gasteiger partial charge in [0.2, 0.25) is 0 Å². The average molecular weight is 757 g/mol. The van der Waals surface area contributed by atoms with Crippen LogP contribution in [0.2, 0.25) is 0 Å². The molecule has 2 aliphatic heterocycles. The summed E-state index contributed by atoms with van der Waals surface area (Å²) in [5.41, 5.74) is -0.275. The van der Waals surface area contributed by atoms with Gasteiger partial charge in [-0.1, -0.05) is 60.7 Å². The smallest absolute Gasteiger partial charge is 0.410 e. The topological polar surface area (TPSA) is 146 Å². The highest BCUT2D eigenvalue weighted by atomic mass is 16.6. The summed E-state index contributed by atoms with van der Waals surface area (Å²) in [6.45, 7) is 13.0. The van der Waals surface area contributed by atoms with Gasteiger partial charge >= 0.3 is 18.2 Å². The summed E-state index contributed by atoms with van der Waals surface area (Å²) in [5.74, 6) is -2.52. The molecule has 294 valence electrons. The van der Waals surface area contributed by atoms with E-state index in [1.54, 1.807) is 28.9 Å². The van der Waals surface area contributed by atoms with Crippen molar-refractivity contribution in [1.82, 2.24) is 14.7 Å². The maximum absolute atomic E-state index is 14.6. The highest BCUT2D eigenvalue weighted by molar-refractivity contribution is 6.15. The number of amides is 4. The normalized spacial score (nSPS) is 18.3. The number of aryl methyl sites for hydroxylation is 1. The van der Waals surface area contributed by atoms with Crippen LogP contribution < -0.4 is 9.64 Å². The molecule has 3 aromatic carbocycles. The van der Waals surface area contributed by atoms with Crippen molar-refractivity contribution in [2.75, 3.05) is 31.1 Å². The maximum atomic E-state index is 14.6. The molecule has 13 nitrogen and oxygen atoms in total. The third-order valence-electron chi connectivity index (χ3n) is 9.71. The van der Waals surface area contributed by atoms with Crippen LogP contribution >= 0.6 is 0 Å². The van der Waals surface area contributed by atoms with Crippen LogP contribution in [0.5, 0.6) is 5.75 Å².